The molecule has 6 aromatic rings. The molecule has 0 amide bonds. The van der Waals surface area contributed by atoms with E-state index in [0.717, 1.165) is 49.7 Å². The number of benzene rings is 2. The van der Waals surface area contributed by atoms with Crippen LogP contribution in [-0.4, -0.2) is 30.9 Å². The molecule has 4 aromatic heterocycles. The fourth-order valence-electron chi connectivity index (χ4n) is 3.99. The Morgan fingerprint density at radius 1 is 0.871 bits per heavy atom. The molecule has 6 heteroatoms. The van der Waals surface area contributed by atoms with Crippen LogP contribution in [0.5, 0.6) is 0 Å². The van der Waals surface area contributed by atoms with Gasteiger partial charge in [-0.25, -0.2) is 0 Å². The second kappa shape index (κ2) is 6.88. The van der Waals surface area contributed by atoms with Gasteiger partial charge in [-0.05, 0) is 42.5 Å². The first-order valence-electron chi connectivity index (χ1n) is 10.0. The molecule has 0 bridgehead atoms. The van der Waals surface area contributed by atoms with Gasteiger partial charge >= 0.3 is 0 Å². The molecule has 2 N–H and O–H groups in total. The van der Waals surface area contributed by atoms with Crippen molar-refractivity contribution in [2.45, 2.75) is 6.42 Å². The van der Waals surface area contributed by atoms with E-state index in [9.17, 15) is 4.79 Å². The van der Waals surface area contributed by atoms with Gasteiger partial charge in [0.05, 0.1) is 23.1 Å². The third-order valence-electron chi connectivity index (χ3n) is 5.55. The Morgan fingerprint density at radius 3 is 2.65 bits per heavy atom. The first-order chi connectivity index (χ1) is 15.2. The predicted octanol–water partition coefficient (Wildman–Crippen LogP) is 5.08. The summed E-state index contributed by atoms with van der Waals surface area (Å²) in [5, 5.41) is 10.6. The number of aromatic amines is 2. The normalized spacial score (nSPS) is 11.5. The topological polar surface area (TPSA) is 87.3 Å². The van der Waals surface area contributed by atoms with Crippen LogP contribution in [0.2, 0.25) is 0 Å². The highest BCUT2D eigenvalue weighted by Gasteiger charge is 2.15. The molecule has 6 nitrogen and oxygen atoms in total. The summed E-state index contributed by atoms with van der Waals surface area (Å²) in [5.74, 6) is 0.00937. The summed E-state index contributed by atoms with van der Waals surface area (Å²) in [6.07, 6.45) is 3.75. The van der Waals surface area contributed by atoms with Crippen LogP contribution in [-0.2, 0) is 6.42 Å². The molecule has 0 atom stereocenters. The summed E-state index contributed by atoms with van der Waals surface area (Å²) < 4.78 is 0. The van der Waals surface area contributed by atoms with Gasteiger partial charge in [-0.2, -0.15) is 5.10 Å². The van der Waals surface area contributed by atoms with E-state index in [0.29, 0.717) is 5.69 Å². The number of aromatic nitrogens is 5. The molecule has 2 aromatic carbocycles. The van der Waals surface area contributed by atoms with E-state index in [1.54, 1.807) is 12.4 Å². The number of nitrogens with one attached hydrogen (secondary N) is 2. The van der Waals surface area contributed by atoms with E-state index in [1.807, 2.05) is 60.7 Å². The van der Waals surface area contributed by atoms with Gasteiger partial charge in [-0.15, -0.1) is 0 Å². The minimum atomic E-state index is 0.00937. The highest BCUT2D eigenvalue weighted by molar-refractivity contribution is 6.05. The molecule has 0 spiro atoms. The van der Waals surface area contributed by atoms with Gasteiger partial charge in [-0.1, -0.05) is 24.3 Å². The van der Waals surface area contributed by atoms with Crippen molar-refractivity contribution in [1.82, 2.24) is 25.1 Å². The lowest BCUT2D eigenvalue weighted by Crippen LogP contribution is -2.05. The van der Waals surface area contributed by atoms with Crippen LogP contribution in [0.4, 0.5) is 0 Å². The van der Waals surface area contributed by atoms with Crippen molar-refractivity contribution in [3.8, 4) is 11.3 Å². The number of nitrogens with zero attached hydrogens (tertiary/aromatic N) is 3. The number of hydrogen-bond acceptors (Lipinski definition) is 4. The second-order valence-electron chi connectivity index (χ2n) is 7.57. The summed E-state index contributed by atoms with van der Waals surface area (Å²) in [7, 11) is 0. The van der Waals surface area contributed by atoms with Crippen molar-refractivity contribution < 1.29 is 4.79 Å². The van der Waals surface area contributed by atoms with Gasteiger partial charge in [0.25, 0.3) is 0 Å². The summed E-state index contributed by atoms with van der Waals surface area (Å²) >= 11 is 0. The van der Waals surface area contributed by atoms with Crippen LogP contribution in [0.15, 0.2) is 79.1 Å². The predicted molar refractivity (Wildman–Crippen MR) is 121 cm³/mol. The van der Waals surface area contributed by atoms with E-state index in [1.165, 1.54) is 0 Å². The second-order valence-corrected chi connectivity index (χ2v) is 7.57. The zero-order valence-electron chi connectivity index (χ0n) is 16.5. The van der Waals surface area contributed by atoms with Crippen molar-refractivity contribution in [3.05, 3.63) is 90.5 Å². The number of para-hydroxylation sites is 1. The Balaban J connectivity index is 1.35. The summed E-state index contributed by atoms with van der Waals surface area (Å²) in [5.41, 5.74) is 5.91. The fraction of sp³-hybridized carbons (Fsp3) is 0.0400. The minimum Gasteiger partial charge on any atom is -0.352 e. The molecular formula is C25H17N5O. The molecule has 0 aliphatic heterocycles. The number of ketones is 1. The maximum absolute atomic E-state index is 12.9. The number of rotatable bonds is 4. The zero-order chi connectivity index (χ0) is 20.8. The molecule has 4 heterocycles. The smallest absolute Gasteiger partial charge is 0.184 e. The molecule has 0 fully saturated rings. The Morgan fingerprint density at radius 2 is 1.74 bits per heavy atom. The molecule has 0 unspecified atom stereocenters. The average molecular weight is 403 g/mol. The van der Waals surface area contributed by atoms with E-state index in [4.69, 9.17) is 0 Å². The summed E-state index contributed by atoms with van der Waals surface area (Å²) in [6.45, 7) is 0. The number of H-pyrrole nitrogens is 2. The lowest BCUT2D eigenvalue weighted by Gasteiger charge is -2.02. The van der Waals surface area contributed by atoms with Crippen LogP contribution in [0.3, 0.4) is 0 Å². The van der Waals surface area contributed by atoms with E-state index in [-0.39, 0.29) is 12.2 Å². The van der Waals surface area contributed by atoms with Gasteiger partial charge in [0, 0.05) is 45.3 Å². The van der Waals surface area contributed by atoms with Gasteiger partial charge in [0.15, 0.2) is 5.78 Å². The number of carbonyl (C=O) groups is 1. The third-order valence-corrected chi connectivity index (χ3v) is 5.55. The van der Waals surface area contributed by atoms with E-state index in [2.05, 4.69) is 31.2 Å². The fourth-order valence-corrected chi connectivity index (χ4v) is 3.99. The molecular weight excluding hydrogens is 386 g/mol. The van der Waals surface area contributed by atoms with Crippen LogP contribution in [0.25, 0.3) is 44.0 Å². The zero-order valence-corrected chi connectivity index (χ0v) is 16.5. The number of hydrogen-bond donors (Lipinski definition) is 2. The molecule has 0 saturated carbocycles. The number of carbonyl (C=O) groups excluding carboxylic acids is 1. The van der Waals surface area contributed by atoms with Crippen molar-refractivity contribution in [3.63, 3.8) is 0 Å². The average Bonchev–Trinajstić information content (AvgIpc) is 3.41. The molecule has 0 radical (unpaired) electrons. The highest BCUT2D eigenvalue weighted by atomic mass is 16.1. The first kappa shape index (κ1) is 17.5. The van der Waals surface area contributed by atoms with Gasteiger partial charge in [0.1, 0.15) is 5.69 Å². The summed E-state index contributed by atoms with van der Waals surface area (Å²) in [4.78, 5) is 24.9. The lowest BCUT2D eigenvalue weighted by atomic mass is 10.1. The van der Waals surface area contributed by atoms with Crippen LogP contribution >= 0.6 is 0 Å². The lowest BCUT2D eigenvalue weighted by molar-refractivity contribution is 0.0988. The largest absolute Gasteiger partial charge is 0.352 e. The maximum Gasteiger partial charge on any atom is 0.184 e. The molecule has 0 saturated heterocycles. The highest BCUT2D eigenvalue weighted by Crippen LogP contribution is 2.30. The Kier molecular flexibility index (Phi) is 3.89. The molecule has 6 rings (SSSR count). The molecule has 0 aliphatic carbocycles. The molecule has 31 heavy (non-hydrogen) atoms. The van der Waals surface area contributed by atoms with Crippen LogP contribution in [0, 0.1) is 0 Å². The number of Topliss-reactive ketones (excluding diaryl/α,β-unsaturated/α-hetero) is 1. The van der Waals surface area contributed by atoms with Crippen molar-refractivity contribution in [2.24, 2.45) is 0 Å². The first-order valence-corrected chi connectivity index (χ1v) is 10.0. The van der Waals surface area contributed by atoms with Gasteiger partial charge in [-0.3, -0.25) is 19.9 Å². The summed E-state index contributed by atoms with van der Waals surface area (Å²) in [6, 6.07) is 21.7. The van der Waals surface area contributed by atoms with Crippen LogP contribution < -0.4 is 0 Å². The number of fused-ring (bicyclic) bond motifs is 3. The van der Waals surface area contributed by atoms with Crippen molar-refractivity contribution in [2.75, 3.05) is 0 Å². The maximum atomic E-state index is 12.9. The third kappa shape index (κ3) is 3.05. The van der Waals surface area contributed by atoms with E-state index >= 15 is 0 Å². The number of pyridine rings is 2. The standard InChI is InChI=1S/C25H17N5O/c31-24(13-18-6-5-15-3-1-2-4-20(15)27-18)23-12-17-11-19-22(14-21(17)28-23)29-30-25(19)16-7-9-26-10-8-16/h1-12,14,28H,13H2,(H,29,30). The van der Waals surface area contributed by atoms with Crippen molar-refractivity contribution in [1.29, 1.82) is 0 Å². The van der Waals surface area contributed by atoms with E-state index < -0.39 is 0 Å². The van der Waals surface area contributed by atoms with Gasteiger partial charge in [0.2, 0.25) is 0 Å². The Labute approximate surface area is 177 Å². The Bertz CT molecular complexity index is 1580. The quantitative estimate of drug-likeness (QED) is 0.402. The minimum absolute atomic E-state index is 0.00937. The monoisotopic (exact) mass is 403 g/mol. The SMILES string of the molecule is O=C(Cc1ccc2ccccc2n1)c1cc2cc3c(-c4ccncc4)n[nH]c3cc2[nH]1. The molecule has 148 valence electrons. The molecule has 0 aliphatic rings. The Hall–Kier alpha value is -4.32. The van der Waals surface area contributed by atoms with Crippen LogP contribution in [0.1, 0.15) is 16.2 Å². The van der Waals surface area contributed by atoms with Crippen molar-refractivity contribution >= 4 is 38.5 Å². The van der Waals surface area contributed by atoms with Gasteiger partial charge < -0.3 is 4.98 Å².